The average Bonchev–Trinajstić information content (AvgIpc) is 3.08. The Labute approximate surface area is 169 Å². The second kappa shape index (κ2) is 10.2. The lowest BCUT2D eigenvalue weighted by molar-refractivity contribution is 0.181. The molecule has 0 spiro atoms. The quantitative estimate of drug-likeness (QED) is 0.402. The van der Waals surface area contributed by atoms with Gasteiger partial charge in [-0.15, -0.1) is 24.0 Å². The Hall–Kier alpha value is -1.02. The van der Waals surface area contributed by atoms with Crippen molar-refractivity contribution in [1.29, 1.82) is 0 Å². The molecule has 25 heavy (non-hydrogen) atoms. The molecule has 1 saturated heterocycles. The summed E-state index contributed by atoms with van der Waals surface area (Å²) in [7, 11) is 5.63. The number of methoxy groups -OCH3 is 1. The number of nitrogens with one attached hydrogen (secondary N) is 1. The van der Waals surface area contributed by atoms with E-state index in [9.17, 15) is 0 Å². The molecular formula is C19H32IN3O2. The van der Waals surface area contributed by atoms with Crippen LogP contribution in [0.1, 0.15) is 25.8 Å². The second-order valence-corrected chi connectivity index (χ2v) is 7.13. The maximum atomic E-state index is 5.47. The summed E-state index contributed by atoms with van der Waals surface area (Å²) in [6.07, 6.45) is 1.14. The molecule has 1 fully saturated rings. The van der Waals surface area contributed by atoms with Crippen molar-refractivity contribution in [2.24, 2.45) is 10.9 Å². The van der Waals surface area contributed by atoms with Gasteiger partial charge in [-0.05, 0) is 24.1 Å². The number of hydrogen-bond acceptors (Lipinski definition) is 3. The minimum absolute atomic E-state index is 0. The van der Waals surface area contributed by atoms with Crippen molar-refractivity contribution in [1.82, 2.24) is 10.2 Å². The Balaban J connectivity index is 0.00000312. The van der Waals surface area contributed by atoms with Crippen LogP contribution in [-0.2, 0) is 10.2 Å². The lowest BCUT2D eigenvalue weighted by Crippen LogP contribution is -2.45. The first-order valence-corrected chi connectivity index (χ1v) is 8.60. The molecule has 0 amide bonds. The fraction of sp³-hybridized carbons (Fsp3) is 0.632. The van der Waals surface area contributed by atoms with Crippen LogP contribution in [0.5, 0.6) is 5.75 Å². The van der Waals surface area contributed by atoms with Crippen LogP contribution in [0.3, 0.4) is 0 Å². The van der Waals surface area contributed by atoms with Gasteiger partial charge >= 0.3 is 0 Å². The molecule has 0 aliphatic carbocycles. The molecule has 5 nitrogen and oxygen atoms in total. The number of aliphatic imine (C=N–C) groups is 1. The molecule has 1 unspecified atom stereocenters. The average molecular weight is 461 g/mol. The smallest absolute Gasteiger partial charge is 0.193 e. The second-order valence-electron chi connectivity index (χ2n) is 7.13. The number of benzene rings is 1. The SMILES string of the molecule is CN=C(NCC(C)(C)c1cccc(OC)c1)N(C)CC1CCOC1.I. The summed E-state index contributed by atoms with van der Waals surface area (Å²) in [6, 6.07) is 8.26. The number of hydrogen-bond donors (Lipinski definition) is 1. The molecular weight excluding hydrogens is 429 g/mol. The van der Waals surface area contributed by atoms with Gasteiger partial charge in [-0.25, -0.2) is 0 Å². The Morgan fingerprint density at radius 3 is 2.80 bits per heavy atom. The number of halogens is 1. The monoisotopic (exact) mass is 461 g/mol. The molecule has 2 rings (SSSR count). The predicted octanol–water partition coefficient (Wildman–Crippen LogP) is 3.13. The zero-order chi connectivity index (χ0) is 17.6. The molecule has 1 aromatic carbocycles. The lowest BCUT2D eigenvalue weighted by Gasteiger charge is -2.30. The topological polar surface area (TPSA) is 46.1 Å². The van der Waals surface area contributed by atoms with Crippen LogP contribution < -0.4 is 10.1 Å². The van der Waals surface area contributed by atoms with Crippen molar-refractivity contribution in [2.45, 2.75) is 25.7 Å². The Kier molecular flexibility index (Phi) is 8.99. The molecule has 1 aromatic rings. The van der Waals surface area contributed by atoms with Gasteiger partial charge in [0.25, 0.3) is 0 Å². The highest BCUT2D eigenvalue weighted by molar-refractivity contribution is 14.0. The van der Waals surface area contributed by atoms with Crippen LogP contribution >= 0.6 is 24.0 Å². The molecule has 0 bridgehead atoms. The van der Waals surface area contributed by atoms with Gasteiger partial charge in [-0.1, -0.05) is 26.0 Å². The normalized spacial score (nSPS) is 17.8. The third-order valence-electron chi connectivity index (χ3n) is 4.67. The number of nitrogens with zero attached hydrogens (tertiary/aromatic N) is 2. The first-order chi connectivity index (χ1) is 11.5. The van der Waals surface area contributed by atoms with Gasteiger partial charge in [0.1, 0.15) is 5.75 Å². The maximum absolute atomic E-state index is 5.47. The molecule has 0 saturated carbocycles. The highest BCUT2D eigenvalue weighted by atomic mass is 127. The Morgan fingerprint density at radius 1 is 1.44 bits per heavy atom. The molecule has 1 aliphatic heterocycles. The summed E-state index contributed by atoms with van der Waals surface area (Å²) >= 11 is 0. The third kappa shape index (κ3) is 6.33. The minimum atomic E-state index is -0.0260. The standard InChI is InChI=1S/C19H31N3O2.HI/c1-19(2,16-7-6-8-17(11-16)23-5)14-21-18(20-3)22(4)12-15-9-10-24-13-15;/h6-8,11,15H,9-10,12-14H2,1-5H3,(H,20,21);1H. The van der Waals surface area contributed by atoms with Gasteiger partial charge in [-0.2, -0.15) is 0 Å². The van der Waals surface area contributed by atoms with E-state index >= 15 is 0 Å². The molecule has 6 heteroatoms. The van der Waals surface area contributed by atoms with E-state index in [1.807, 2.05) is 19.2 Å². The van der Waals surface area contributed by atoms with E-state index in [2.05, 4.69) is 48.2 Å². The number of guanidine groups is 1. The first kappa shape index (κ1) is 22.0. The van der Waals surface area contributed by atoms with Crippen molar-refractivity contribution in [3.8, 4) is 5.75 Å². The lowest BCUT2D eigenvalue weighted by atomic mass is 9.84. The Bertz CT molecular complexity index is 557. The van der Waals surface area contributed by atoms with Gasteiger partial charge in [-0.3, -0.25) is 4.99 Å². The van der Waals surface area contributed by atoms with E-state index in [4.69, 9.17) is 9.47 Å². The summed E-state index contributed by atoms with van der Waals surface area (Å²) < 4.78 is 10.8. The van der Waals surface area contributed by atoms with Crippen molar-refractivity contribution in [3.05, 3.63) is 29.8 Å². The largest absolute Gasteiger partial charge is 0.497 e. The summed E-state index contributed by atoms with van der Waals surface area (Å²) in [5.74, 6) is 2.42. The zero-order valence-corrected chi connectivity index (χ0v) is 18.4. The van der Waals surface area contributed by atoms with Crippen LogP contribution in [0, 0.1) is 5.92 Å². The fourth-order valence-corrected chi connectivity index (χ4v) is 3.03. The number of ether oxygens (including phenoxy) is 2. The van der Waals surface area contributed by atoms with E-state index in [0.717, 1.165) is 44.4 Å². The number of rotatable bonds is 6. The van der Waals surface area contributed by atoms with Crippen molar-refractivity contribution in [3.63, 3.8) is 0 Å². The molecule has 1 atom stereocenters. The van der Waals surface area contributed by atoms with Gasteiger partial charge in [0.15, 0.2) is 5.96 Å². The van der Waals surface area contributed by atoms with Gasteiger partial charge in [0.05, 0.1) is 13.7 Å². The fourth-order valence-electron chi connectivity index (χ4n) is 3.03. The Morgan fingerprint density at radius 2 is 2.20 bits per heavy atom. The van der Waals surface area contributed by atoms with Crippen LogP contribution in [0.2, 0.25) is 0 Å². The van der Waals surface area contributed by atoms with Crippen LogP contribution in [-0.4, -0.2) is 58.4 Å². The summed E-state index contributed by atoms with van der Waals surface area (Å²) in [4.78, 5) is 6.62. The van der Waals surface area contributed by atoms with Crippen molar-refractivity contribution in [2.75, 3.05) is 47.5 Å². The van der Waals surface area contributed by atoms with E-state index < -0.39 is 0 Å². The molecule has 0 radical (unpaired) electrons. The van der Waals surface area contributed by atoms with E-state index in [1.54, 1.807) is 7.11 Å². The molecule has 1 N–H and O–H groups in total. The van der Waals surface area contributed by atoms with E-state index in [-0.39, 0.29) is 29.4 Å². The minimum Gasteiger partial charge on any atom is -0.497 e. The molecule has 0 aromatic heterocycles. The summed E-state index contributed by atoms with van der Waals surface area (Å²) in [6.45, 7) is 7.97. The highest BCUT2D eigenvalue weighted by Crippen LogP contribution is 2.25. The first-order valence-electron chi connectivity index (χ1n) is 8.60. The van der Waals surface area contributed by atoms with Gasteiger partial charge in [0.2, 0.25) is 0 Å². The summed E-state index contributed by atoms with van der Waals surface area (Å²) in [5.41, 5.74) is 1.22. The third-order valence-corrected chi connectivity index (χ3v) is 4.67. The van der Waals surface area contributed by atoms with E-state index in [0.29, 0.717) is 5.92 Å². The van der Waals surface area contributed by atoms with Gasteiger partial charge < -0.3 is 19.7 Å². The van der Waals surface area contributed by atoms with Gasteiger partial charge in [0, 0.05) is 45.1 Å². The molecule has 1 heterocycles. The van der Waals surface area contributed by atoms with Crippen LogP contribution in [0.15, 0.2) is 29.3 Å². The molecule has 1 aliphatic rings. The zero-order valence-electron chi connectivity index (χ0n) is 16.0. The van der Waals surface area contributed by atoms with Crippen molar-refractivity contribution < 1.29 is 9.47 Å². The summed E-state index contributed by atoms with van der Waals surface area (Å²) in [5, 5.41) is 3.51. The van der Waals surface area contributed by atoms with Crippen LogP contribution in [0.4, 0.5) is 0 Å². The molecule has 142 valence electrons. The maximum Gasteiger partial charge on any atom is 0.193 e. The highest BCUT2D eigenvalue weighted by Gasteiger charge is 2.23. The predicted molar refractivity (Wildman–Crippen MR) is 114 cm³/mol. The van der Waals surface area contributed by atoms with E-state index in [1.165, 1.54) is 5.56 Å². The van der Waals surface area contributed by atoms with Crippen LogP contribution in [0.25, 0.3) is 0 Å². The van der Waals surface area contributed by atoms with Crippen molar-refractivity contribution >= 4 is 29.9 Å².